The molecule has 168 valence electrons. The predicted molar refractivity (Wildman–Crippen MR) is 121 cm³/mol. The molecule has 0 saturated heterocycles. The fourth-order valence-electron chi connectivity index (χ4n) is 3.12. The average molecular weight is 488 g/mol. The zero-order chi connectivity index (χ0) is 23.7. The number of aromatic nitrogens is 4. The number of carboxylic acid groups (broad SMARTS) is 1. The lowest BCUT2D eigenvalue weighted by atomic mass is 10.1. The fourth-order valence-corrected chi connectivity index (χ4v) is 3.61. The van der Waals surface area contributed by atoms with Crippen molar-refractivity contribution in [1.82, 2.24) is 19.5 Å². The SMILES string of the molecule is Cc1cc2[nH]c(=O)c(C(=O)O)nc2cc1-n1cnc(COC(=O)Nc2c(Cl)cccc2Cl)c1. The lowest BCUT2D eigenvalue weighted by Crippen LogP contribution is -2.20. The lowest BCUT2D eigenvalue weighted by molar-refractivity contribution is 0.0688. The highest BCUT2D eigenvalue weighted by Gasteiger charge is 2.15. The van der Waals surface area contributed by atoms with Crippen LogP contribution in [0.2, 0.25) is 10.0 Å². The number of halogens is 2. The van der Waals surface area contributed by atoms with Crippen molar-refractivity contribution in [2.24, 2.45) is 0 Å². The van der Waals surface area contributed by atoms with Gasteiger partial charge in [0.05, 0.1) is 44.5 Å². The molecule has 0 aliphatic rings. The highest BCUT2D eigenvalue weighted by Crippen LogP contribution is 2.30. The zero-order valence-corrected chi connectivity index (χ0v) is 18.4. The number of carboxylic acids is 1. The van der Waals surface area contributed by atoms with E-state index in [4.69, 9.17) is 33.0 Å². The number of carbonyl (C=O) groups is 2. The second kappa shape index (κ2) is 8.93. The lowest BCUT2D eigenvalue weighted by Gasteiger charge is -2.09. The van der Waals surface area contributed by atoms with Crippen molar-refractivity contribution in [3.05, 3.63) is 80.2 Å². The number of hydrogen-bond donors (Lipinski definition) is 3. The van der Waals surface area contributed by atoms with Crippen LogP contribution in [0.1, 0.15) is 21.7 Å². The van der Waals surface area contributed by atoms with Gasteiger partial charge in [0.25, 0.3) is 5.56 Å². The Bertz CT molecular complexity index is 1440. The second-order valence-corrected chi connectivity index (χ2v) is 7.76. The molecule has 2 aromatic heterocycles. The van der Waals surface area contributed by atoms with Crippen LogP contribution in [0.15, 0.2) is 47.7 Å². The Balaban J connectivity index is 1.52. The van der Waals surface area contributed by atoms with Gasteiger partial charge in [0.15, 0.2) is 0 Å². The molecule has 0 atom stereocenters. The number of benzene rings is 2. The van der Waals surface area contributed by atoms with Crippen LogP contribution in [0.25, 0.3) is 16.7 Å². The van der Waals surface area contributed by atoms with Crippen LogP contribution < -0.4 is 10.9 Å². The molecule has 4 aromatic rings. The second-order valence-electron chi connectivity index (χ2n) is 6.95. The van der Waals surface area contributed by atoms with Gasteiger partial charge in [-0.1, -0.05) is 29.3 Å². The first-order valence-corrected chi connectivity index (χ1v) is 10.2. The number of nitrogens with zero attached hydrogens (tertiary/aromatic N) is 3. The van der Waals surface area contributed by atoms with Crippen molar-refractivity contribution < 1.29 is 19.4 Å². The van der Waals surface area contributed by atoms with E-state index in [-0.39, 0.29) is 22.3 Å². The Labute approximate surface area is 195 Å². The minimum atomic E-state index is -1.42. The van der Waals surface area contributed by atoms with Gasteiger partial charge in [0.1, 0.15) is 6.61 Å². The molecule has 0 radical (unpaired) electrons. The van der Waals surface area contributed by atoms with Gasteiger partial charge < -0.3 is 19.4 Å². The number of ether oxygens (including phenoxy) is 1. The molecule has 0 aliphatic carbocycles. The maximum Gasteiger partial charge on any atom is 0.412 e. The molecule has 2 heterocycles. The Morgan fingerprint density at radius 3 is 2.67 bits per heavy atom. The number of nitrogens with one attached hydrogen (secondary N) is 2. The number of hydrogen-bond acceptors (Lipinski definition) is 6. The van der Waals surface area contributed by atoms with Crippen molar-refractivity contribution >= 4 is 52.0 Å². The fraction of sp³-hybridized carbons (Fsp3) is 0.0952. The van der Waals surface area contributed by atoms with Crippen LogP contribution in [0.4, 0.5) is 10.5 Å². The monoisotopic (exact) mass is 487 g/mol. The van der Waals surface area contributed by atoms with Gasteiger partial charge in [-0.3, -0.25) is 10.1 Å². The molecule has 0 spiro atoms. The van der Waals surface area contributed by atoms with E-state index in [1.165, 1.54) is 6.33 Å². The third kappa shape index (κ3) is 4.66. The summed E-state index contributed by atoms with van der Waals surface area (Å²) in [5.41, 5.74) is 1.47. The number of carbonyl (C=O) groups excluding carboxylic acids is 1. The van der Waals surface area contributed by atoms with E-state index in [0.29, 0.717) is 22.4 Å². The first kappa shape index (κ1) is 22.3. The molecule has 33 heavy (non-hydrogen) atoms. The van der Waals surface area contributed by atoms with Gasteiger partial charge in [-0.2, -0.15) is 0 Å². The minimum absolute atomic E-state index is 0.123. The zero-order valence-electron chi connectivity index (χ0n) is 16.9. The molecule has 12 heteroatoms. The van der Waals surface area contributed by atoms with Gasteiger partial charge in [-0.25, -0.2) is 19.6 Å². The Kier molecular flexibility index (Phi) is 6.03. The van der Waals surface area contributed by atoms with E-state index in [9.17, 15) is 14.4 Å². The quantitative estimate of drug-likeness (QED) is 0.383. The van der Waals surface area contributed by atoms with E-state index in [1.54, 1.807) is 41.1 Å². The number of aromatic amines is 1. The van der Waals surface area contributed by atoms with Gasteiger partial charge in [-0.15, -0.1) is 0 Å². The highest BCUT2D eigenvalue weighted by molar-refractivity contribution is 6.39. The Morgan fingerprint density at radius 1 is 1.24 bits per heavy atom. The summed E-state index contributed by atoms with van der Waals surface area (Å²) in [5, 5.41) is 12.2. The summed E-state index contributed by atoms with van der Waals surface area (Å²) in [5.74, 6) is -1.42. The summed E-state index contributed by atoms with van der Waals surface area (Å²) in [4.78, 5) is 45.9. The summed E-state index contributed by atoms with van der Waals surface area (Å²) in [6.45, 7) is 1.69. The van der Waals surface area contributed by atoms with Crippen LogP contribution in [0, 0.1) is 6.92 Å². The molecule has 0 bridgehead atoms. The molecule has 1 amide bonds. The normalized spacial score (nSPS) is 10.9. The average Bonchev–Trinajstić information content (AvgIpc) is 3.23. The maximum atomic E-state index is 12.1. The third-order valence-corrected chi connectivity index (χ3v) is 5.30. The molecule has 0 aliphatic heterocycles. The number of rotatable bonds is 5. The number of aromatic carboxylic acids is 1. The molecule has 0 unspecified atom stereocenters. The Morgan fingerprint density at radius 2 is 1.97 bits per heavy atom. The standard InChI is InChI=1S/C21H15Cl2N5O5/c1-10-5-14-15(25-18(20(30)31)19(29)26-14)6-16(10)28-7-11(24-9-28)8-33-21(32)27-17-12(22)3-2-4-13(17)23/h2-7,9H,8H2,1H3,(H,26,29)(H,27,32)(H,30,31). The molecule has 0 fully saturated rings. The van der Waals surface area contributed by atoms with Gasteiger partial charge in [-0.05, 0) is 36.8 Å². The number of imidazole rings is 1. The molecule has 10 nitrogen and oxygen atoms in total. The van der Waals surface area contributed by atoms with Crippen molar-refractivity contribution in [2.45, 2.75) is 13.5 Å². The number of amides is 1. The van der Waals surface area contributed by atoms with Gasteiger partial charge in [0.2, 0.25) is 5.69 Å². The van der Waals surface area contributed by atoms with E-state index in [1.807, 2.05) is 6.92 Å². The molecular formula is C21H15Cl2N5O5. The number of para-hydroxylation sites is 1. The molecule has 2 aromatic carbocycles. The topological polar surface area (TPSA) is 139 Å². The van der Waals surface area contributed by atoms with E-state index >= 15 is 0 Å². The number of H-pyrrole nitrogens is 1. The van der Waals surface area contributed by atoms with Crippen LogP contribution in [-0.4, -0.2) is 36.7 Å². The molecule has 4 rings (SSSR count). The van der Waals surface area contributed by atoms with E-state index < -0.39 is 23.3 Å². The van der Waals surface area contributed by atoms with Gasteiger partial charge in [0, 0.05) is 6.20 Å². The van der Waals surface area contributed by atoms with Crippen LogP contribution in [0.5, 0.6) is 0 Å². The molecule has 0 saturated carbocycles. The van der Waals surface area contributed by atoms with Crippen molar-refractivity contribution in [3.8, 4) is 5.69 Å². The maximum absolute atomic E-state index is 12.1. The summed E-state index contributed by atoms with van der Waals surface area (Å²) in [6.07, 6.45) is 2.41. The summed E-state index contributed by atoms with van der Waals surface area (Å²) < 4.78 is 6.86. The smallest absolute Gasteiger partial charge is 0.412 e. The minimum Gasteiger partial charge on any atom is -0.476 e. The predicted octanol–water partition coefficient (Wildman–Crippen LogP) is 4.17. The number of fused-ring (bicyclic) bond motifs is 1. The summed E-state index contributed by atoms with van der Waals surface area (Å²) in [6, 6.07) is 8.13. The summed E-state index contributed by atoms with van der Waals surface area (Å²) in [7, 11) is 0. The number of anilines is 1. The van der Waals surface area contributed by atoms with E-state index in [2.05, 4.69) is 20.3 Å². The largest absolute Gasteiger partial charge is 0.476 e. The third-order valence-electron chi connectivity index (χ3n) is 4.67. The molecule has 3 N–H and O–H groups in total. The Hall–Kier alpha value is -3.89. The first-order chi connectivity index (χ1) is 15.7. The van der Waals surface area contributed by atoms with Gasteiger partial charge >= 0.3 is 12.1 Å². The van der Waals surface area contributed by atoms with E-state index in [0.717, 1.165) is 5.56 Å². The molecular weight excluding hydrogens is 473 g/mol. The van der Waals surface area contributed by atoms with Crippen molar-refractivity contribution in [3.63, 3.8) is 0 Å². The van der Waals surface area contributed by atoms with Crippen molar-refractivity contribution in [2.75, 3.05) is 5.32 Å². The number of aryl methyl sites for hydroxylation is 1. The van der Waals surface area contributed by atoms with Crippen LogP contribution in [0.3, 0.4) is 0 Å². The summed E-state index contributed by atoms with van der Waals surface area (Å²) >= 11 is 12.1. The van der Waals surface area contributed by atoms with Crippen molar-refractivity contribution in [1.29, 1.82) is 0 Å². The van der Waals surface area contributed by atoms with Crippen LogP contribution >= 0.6 is 23.2 Å². The van der Waals surface area contributed by atoms with Crippen LogP contribution in [-0.2, 0) is 11.3 Å². The first-order valence-electron chi connectivity index (χ1n) is 9.42. The highest BCUT2D eigenvalue weighted by atomic mass is 35.5.